The standard InChI is InChI=1S/C25H17Cl2FN2O6/c1-2-34-22-11-15(9-19(27)23(22)35-13-14-4-3-5-17(28)8-14)10-20-25(31)36-24(29-20)16-6-7-18(26)21(12-16)30(32)33/h3-12H,2,13H2,1H3/b20-10-. The van der Waals surface area contributed by atoms with Gasteiger partial charge in [0.25, 0.3) is 5.69 Å². The van der Waals surface area contributed by atoms with Crippen LogP contribution in [0.3, 0.4) is 0 Å². The number of halogens is 3. The van der Waals surface area contributed by atoms with Crippen LogP contribution < -0.4 is 9.47 Å². The van der Waals surface area contributed by atoms with Crippen LogP contribution in [0.5, 0.6) is 11.5 Å². The highest BCUT2D eigenvalue weighted by Crippen LogP contribution is 2.38. The predicted molar refractivity (Wildman–Crippen MR) is 132 cm³/mol. The van der Waals surface area contributed by atoms with Crippen LogP contribution in [0.15, 0.2) is 65.3 Å². The van der Waals surface area contributed by atoms with Gasteiger partial charge in [-0.3, -0.25) is 10.1 Å². The molecule has 0 N–H and O–H groups in total. The molecular weight excluding hydrogens is 514 g/mol. The van der Waals surface area contributed by atoms with Gasteiger partial charge in [-0.2, -0.15) is 0 Å². The molecule has 0 saturated carbocycles. The molecule has 1 heterocycles. The molecule has 1 aliphatic heterocycles. The topological polar surface area (TPSA) is 100 Å². The summed E-state index contributed by atoms with van der Waals surface area (Å²) >= 11 is 12.3. The van der Waals surface area contributed by atoms with E-state index in [0.29, 0.717) is 23.5 Å². The molecule has 0 bridgehead atoms. The van der Waals surface area contributed by atoms with Crippen molar-refractivity contribution in [2.75, 3.05) is 6.61 Å². The zero-order valence-electron chi connectivity index (χ0n) is 18.7. The summed E-state index contributed by atoms with van der Waals surface area (Å²) in [6, 6.07) is 13.1. The molecule has 0 atom stereocenters. The fourth-order valence-corrected chi connectivity index (χ4v) is 3.79. The molecule has 0 spiro atoms. The highest BCUT2D eigenvalue weighted by Gasteiger charge is 2.26. The van der Waals surface area contributed by atoms with Gasteiger partial charge in [-0.05, 0) is 60.5 Å². The highest BCUT2D eigenvalue weighted by molar-refractivity contribution is 6.33. The number of esters is 1. The Labute approximate surface area is 214 Å². The van der Waals surface area contributed by atoms with Crippen LogP contribution in [-0.4, -0.2) is 23.4 Å². The predicted octanol–water partition coefficient (Wildman–Crippen LogP) is 6.36. The summed E-state index contributed by atoms with van der Waals surface area (Å²) in [5, 5.41) is 11.3. The Kier molecular flexibility index (Phi) is 7.52. The van der Waals surface area contributed by atoms with Gasteiger partial charge in [-0.15, -0.1) is 0 Å². The monoisotopic (exact) mass is 530 g/mol. The molecule has 0 radical (unpaired) electrons. The van der Waals surface area contributed by atoms with Gasteiger partial charge in [-0.1, -0.05) is 35.3 Å². The van der Waals surface area contributed by atoms with E-state index in [9.17, 15) is 19.3 Å². The number of cyclic esters (lactones) is 1. The Morgan fingerprint density at radius 3 is 2.64 bits per heavy atom. The summed E-state index contributed by atoms with van der Waals surface area (Å²) in [5.41, 5.74) is 0.914. The second-order valence-corrected chi connectivity index (χ2v) is 8.26. The number of benzene rings is 3. The minimum absolute atomic E-state index is 0.0467. The summed E-state index contributed by atoms with van der Waals surface area (Å²) in [7, 11) is 0. The zero-order valence-corrected chi connectivity index (χ0v) is 20.2. The van der Waals surface area contributed by atoms with E-state index in [1.807, 2.05) is 0 Å². The largest absolute Gasteiger partial charge is 0.490 e. The molecule has 184 valence electrons. The van der Waals surface area contributed by atoms with Crippen LogP contribution in [0.1, 0.15) is 23.6 Å². The van der Waals surface area contributed by atoms with E-state index in [4.69, 9.17) is 37.4 Å². The molecule has 3 aromatic rings. The Bertz CT molecular complexity index is 1420. The van der Waals surface area contributed by atoms with Gasteiger partial charge in [0.1, 0.15) is 17.4 Å². The van der Waals surface area contributed by atoms with Gasteiger partial charge in [0.15, 0.2) is 17.2 Å². The third-order valence-electron chi connectivity index (χ3n) is 4.92. The fourth-order valence-electron chi connectivity index (χ4n) is 3.33. The van der Waals surface area contributed by atoms with Crippen molar-refractivity contribution in [1.82, 2.24) is 0 Å². The first-order chi connectivity index (χ1) is 17.2. The lowest BCUT2D eigenvalue weighted by Crippen LogP contribution is -2.06. The first kappa shape index (κ1) is 25.2. The fraction of sp³-hybridized carbons (Fsp3) is 0.120. The number of nitro groups is 1. The van der Waals surface area contributed by atoms with E-state index in [1.165, 1.54) is 36.4 Å². The SMILES string of the molecule is CCOc1cc(/C=C2\N=C(c3ccc(Cl)c([N+](=O)[O-])c3)OC2=O)cc(Cl)c1OCc1cccc(F)c1. The average molecular weight is 531 g/mol. The summed E-state index contributed by atoms with van der Waals surface area (Å²) in [6.07, 6.45) is 1.43. The average Bonchev–Trinajstić information content (AvgIpc) is 3.19. The minimum atomic E-state index is -0.747. The molecule has 3 aromatic carbocycles. The minimum Gasteiger partial charge on any atom is -0.490 e. The molecule has 0 unspecified atom stereocenters. The van der Waals surface area contributed by atoms with Gasteiger partial charge in [0, 0.05) is 11.6 Å². The molecule has 11 heteroatoms. The summed E-state index contributed by atoms with van der Waals surface area (Å²) in [4.78, 5) is 27.1. The Balaban J connectivity index is 1.63. The number of rotatable bonds is 8. The summed E-state index contributed by atoms with van der Waals surface area (Å²) in [6.45, 7) is 2.16. The lowest BCUT2D eigenvalue weighted by molar-refractivity contribution is -0.384. The van der Waals surface area contributed by atoms with E-state index in [0.717, 1.165) is 0 Å². The number of aliphatic imine (C=N–C) groups is 1. The van der Waals surface area contributed by atoms with Crippen LogP contribution >= 0.6 is 23.2 Å². The van der Waals surface area contributed by atoms with Gasteiger partial charge in [-0.25, -0.2) is 14.2 Å². The number of nitro benzene ring substituents is 1. The molecule has 36 heavy (non-hydrogen) atoms. The maximum Gasteiger partial charge on any atom is 0.363 e. The van der Waals surface area contributed by atoms with Crippen LogP contribution in [0.25, 0.3) is 6.08 Å². The molecule has 0 amide bonds. The first-order valence-electron chi connectivity index (χ1n) is 10.6. The second kappa shape index (κ2) is 10.8. The van der Waals surface area contributed by atoms with E-state index in [2.05, 4.69) is 4.99 Å². The zero-order chi connectivity index (χ0) is 25.8. The molecule has 0 aromatic heterocycles. The molecule has 4 rings (SSSR count). The highest BCUT2D eigenvalue weighted by atomic mass is 35.5. The van der Waals surface area contributed by atoms with Gasteiger partial charge in [0.2, 0.25) is 5.90 Å². The third kappa shape index (κ3) is 5.64. The number of ether oxygens (including phenoxy) is 3. The van der Waals surface area contributed by atoms with E-state index in [1.54, 1.807) is 31.2 Å². The maximum absolute atomic E-state index is 13.5. The van der Waals surface area contributed by atoms with Crippen molar-refractivity contribution >= 4 is 46.8 Å². The lowest BCUT2D eigenvalue weighted by Gasteiger charge is -2.14. The van der Waals surface area contributed by atoms with Crippen molar-refractivity contribution in [3.8, 4) is 11.5 Å². The lowest BCUT2D eigenvalue weighted by atomic mass is 10.1. The van der Waals surface area contributed by atoms with Crippen molar-refractivity contribution in [3.05, 3.63) is 103 Å². The van der Waals surface area contributed by atoms with Crippen LogP contribution in [-0.2, 0) is 16.1 Å². The van der Waals surface area contributed by atoms with Gasteiger partial charge < -0.3 is 14.2 Å². The van der Waals surface area contributed by atoms with E-state index >= 15 is 0 Å². The molecular formula is C25H17Cl2FN2O6. The van der Waals surface area contributed by atoms with E-state index in [-0.39, 0.29) is 51.1 Å². The molecule has 0 saturated heterocycles. The number of carbonyl (C=O) groups excluding carboxylic acids is 1. The number of carbonyl (C=O) groups is 1. The van der Waals surface area contributed by atoms with Crippen molar-refractivity contribution < 1.29 is 28.3 Å². The van der Waals surface area contributed by atoms with E-state index < -0.39 is 10.9 Å². The maximum atomic E-state index is 13.5. The van der Waals surface area contributed by atoms with Crippen molar-refractivity contribution in [1.29, 1.82) is 0 Å². The van der Waals surface area contributed by atoms with Crippen molar-refractivity contribution in [2.24, 2.45) is 4.99 Å². The van der Waals surface area contributed by atoms with Crippen LogP contribution in [0.2, 0.25) is 10.0 Å². The smallest absolute Gasteiger partial charge is 0.363 e. The van der Waals surface area contributed by atoms with Crippen molar-refractivity contribution in [2.45, 2.75) is 13.5 Å². The summed E-state index contributed by atoms with van der Waals surface area (Å²) < 4.78 is 30.1. The number of nitrogens with zero attached hydrogens (tertiary/aromatic N) is 2. The van der Waals surface area contributed by atoms with Crippen molar-refractivity contribution in [3.63, 3.8) is 0 Å². The third-order valence-corrected chi connectivity index (χ3v) is 5.52. The Morgan fingerprint density at radius 1 is 1.11 bits per heavy atom. The van der Waals surface area contributed by atoms with Gasteiger partial charge >= 0.3 is 5.97 Å². The molecule has 0 aliphatic carbocycles. The Hall–Kier alpha value is -3.95. The molecule has 0 fully saturated rings. The number of hydrogen-bond acceptors (Lipinski definition) is 7. The number of hydrogen-bond donors (Lipinski definition) is 0. The molecule has 8 nitrogen and oxygen atoms in total. The van der Waals surface area contributed by atoms with Crippen LogP contribution in [0, 0.1) is 15.9 Å². The molecule has 1 aliphatic rings. The summed E-state index contributed by atoms with van der Waals surface area (Å²) in [5.74, 6) is -0.653. The first-order valence-corrected chi connectivity index (χ1v) is 11.3. The Morgan fingerprint density at radius 2 is 1.92 bits per heavy atom. The quantitative estimate of drug-likeness (QED) is 0.145. The van der Waals surface area contributed by atoms with Crippen LogP contribution in [0.4, 0.5) is 10.1 Å². The van der Waals surface area contributed by atoms with Gasteiger partial charge in [0.05, 0.1) is 16.6 Å². The second-order valence-electron chi connectivity index (χ2n) is 7.44. The normalized spacial score (nSPS) is 13.9.